The second kappa shape index (κ2) is 6.47. The van der Waals surface area contributed by atoms with Crippen molar-refractivity contribution in [1.82, 2.24) is 0 Å². The van der Waals surface area contributed by atoms with E-state index in [4.69, 9.17) is 11.6 Å². The molecule has 2 aromatic carbocycles. The summed E-state index contributed by atoms with van der Waals surface area (Å²) >= 11 is 2.55. The molecular weight excluding hydrogens is 343 g/mol. The van der Waals surface area contributed by atoms with Crippen molar-refractivity contribution in [3.63, 3.8) is 0 Å². The topological polar surface area (TPSA) is 69.2 Å². The Morgan fingerprint density at radius 1 is 1.14 bits per heavy atom. The fourth-order valence-electron chi connectivity index (χ4n) is 1.64. The van der Waals surface area contributed by atoms with Crippen molar-refractivity contribution in [3.8, 4) is 0 Å². The molecule has 0 fully saturated rings. The highest BCUT2D eigenvalue weighted by Gasteiger charge is 2.21. The molecule has 0 aliphatic heterocycles. The Hall–Kier alpha value is -1.90. The van der Waals surface area contributed by atoms with Crippen molar-refractivity contribution < 1.29 is 26.7 Å². The number of benzene rings is 2. The van der Waals surface area contributed by atoms with Gasteiger partial charge in [-0.15, -0.1) is 0 Å². The number of carbonyl (C=O) groups is 1. The second-order valence-electron chi connectivity index (χ2n) is 4.05. The van der Waals surface area contributed by atoms with Crippen LogP contribution in [0.4, 0.5) is 18.9 Å². The quantitative estimate of drug-likeness (QED) is 0.866. The summed E-state index contributed by atoms with van der Waals surface area (Å²) in [5.74, 6) is -4.72. The maximum absolute atomic E-state index is 13.9. The molecule has 0 aliphatic carbocycles. The molecule has 1 unspecified atom stereocenters. The number of halogens is 4. The highest BCUT2D eigenvalue weighted by atomic mass is 35.5. The molecule has 22 heavy (non-hydrogen) atoms. The van der Waals surface area contributed by atoms with Gasteiger partial charge in [0, 0.05) is 5.69 Å². The van der Waals surface area contributed by atoms with E-state index in [9.17, 15) is 26.7 Å². The molecule has 0 spiro atoms. The largest absolute Gasteiger partial charge is 0.768 e. The lowest BCUT2D eigenvalue weighted by Crippen LogP contribution is -2.17. The SMILES string of the molecule is O=C(Nc1ccc(F)c(Cl)c1)c1c(F)ccc(S(=O)[O-])c1F. The summed E-state index contributed by atoms with van der Waals surface area (Å²) in [6, 6.07) is 4.47. The van der Waals surface area contributed by atoms with E-state index >= 15 is 0 Å². The minimum atomic E-state index is -2.97. The second-order valence-corrected chi connectivity index (χ2v) is 5.37. The third-order valence-corrected chi connectivity index (χ3v) is 3.60. The Bertz CT molecular complexity index is 785. The molecule has 0 aliphatic rings. The first kappa shape index (κ1) is 16.5. The Kier molecular flexibility index (Phi) is 4.84. The number of rotatable bonds is 3. The first-order valence-corrected chi connectivity index (χ1v) is 7.10. The van der Waals surface area contributed by atoms with Crippen molar-refractivity contribution in [1.29, 1.82) is 0 Å². The summed E-state index contributed by atoms with van der Waals surface area (Å²) in [6.45, 7) is 0. The van der Waals surface area contributed by atoms with Gasteiger partial charge in [-0.2, -0.15) is 0 Å². The molecule has 1 amide bonds. The Labute approximate surface area is 130 Å². The Morgan fingerprint density at radius 3 is 2.36 bits per heavy atom. The van der Waals surface area contributed by atoms with Crippen LogP contribution < -0.4 is 5.32 Å². The zero-order valence-electron chi connectivity index (χ0n) is 10.5. The lowest BCUT2D eigenvalue weighted by molar-refractivity contribution is 0.101. The van der Waals surface area contributed by atoms with E-state index in [1.807, 2.05) is 0 Å². The Morgan fingerprint density at radius 2 is 1.77 bits per heavy atom. The zero-order chi connectivity index (χ0) is 16.4. The summed E-state index contributed by atoms with van der Waals surface area (Å²) < 4.78 is 62.1. The molecule has 0 radical (unpaired) electrons. The molecule has 0 aromatic heterocycles. The van der Waals surface area contributed by atoms with E-state index in [-0.39, 0.29) is 10.7 Å². The third-order valence-electron chi connectivity index (χ3n) is 2.64. The highest BCUT2D eigenvalue weighted by Crippen LogP contribution is 2.23. The van der Waals surface area contributed by atoms with Crippen LogP contribution in [0, 0.1) is 17.5 Å². The van der Waals surface area contributed by atoms with E-state index in [0.29, 0.717) is 12.1 Å². The predicted octanol–water partition coefficient (Wildman–Crippen LogP) is 3.25. The molecule has 4 nitrogen and oxygen atoms in total. The van der Waals surface area contributed by atoms with Crippen LogP contribution in [0.3, 0.4) is 0 Å². The van der Waals surface area contributed by atoms with Crippen molar-refractivity contribution in [2.24, 2.45) is 0 Å². The van der Waals surface area contributed by atoms with Crippen molar-refractivity contribution in [3.05, 3.63) is 58.4 Å². The van der Waals surface area contributed by atoms with Gasteiger partial charge in [0.25, 0.3) is 5.91 Å². The molecule has 2 aromatic rings. The molecule has 0 saturated heterocycles. The number of amides is 1. The Balaban J connectivity index is 2.39. The van der Waals surface area contributed by atoms with E-state index < -0.39 is 44.9 Å². The van der Waals surface area contributed by atoms with E-state index in [0.717, 1.165) is 18.2 Å². The summed E-state index contributed by atoms with van der Waals surface area (Å²) in [5.41, 5.74) is -1.08. The van der Waals surface area contributed by atoms with Gasteiger partial charge in [0.2, 0.25) is 0 Å². The first-order chi connectivity index (χ1) is 10.3. The average Bonchev–Trinajstić information content (AvgIpc) is 2.42. The third kappa shape index (κ3) is 3.29. The minimum Gasteiger partial charge on any atom is -0.768 e. The van der Waals surface area contributed by atoms with Crippen molar-refractivity contribution in [2.45, 2.75) is 4.90 Å². The lowest BCUT2D eigenvalue weighted by Gasteiger charge is -2.12. The smallest absolute Gasteiger partial charge is 0.261 e. The molecule has 116 valence electrons. The van der Waals surface area contributed by atoms with Gasteiger partial charge in [-0.25, -0.2) is 13.2 Å². The average molecular weight is 349 g/mol. The fourth-order valence-corrected chi connectivity index (χ4v) is 2.25. The van der Waals surface area contributed by atoms with Crippen LogP contribution in [0.25, 0.3) is 0 Å². The first-order valence-electron chi connectivity index (χ1n) is 5.65. The van der Waals surface area contributed by atoms with Crippen LogP contribution in [0.5, 0.6) is 0 Å². The normalized spacial score (nSPS) is 12.0. The minimum absolute atomic E-state index is 0.0103. The zero-order valence-corrected chi connectivity index (χ0v) is 12.1. The molecule has 0 saturated carbocycles. The van der Waals surface area contributed by atoms with Crippen LogP contribution >= 0.6 is 11.6 Å². The molecule has 1 atom stereocenters. The summed E-state index contributed by atoms with van der Waals surface area (Å²) in [5, 5.41) is 1.81. The van der Waals surface area contributed by atoms with E-state index in [1.54, 1.807) is 0 Å². The van der Waals surface area contributed by atoms with Crippen LogP contribution in [0.2, 0.25) is 5.02 Å². The summed E-state index contributed by atoms with van der Waals surface area (Å²) in [6.07, 6.45) is 0. The number of hydrogen-bond acceptors (Lipinski definition) is 3. The number of nitrogens with one attached hydrogen (secondary N) is 1. The molecule has 0 bridgehead atoms. The van der Waals surface area contributed by atoms with Crippen molar-refractivity contribution >= 4 is 34.3 Å². The van der Waals surface area contributed by atoms with Gasteiger partial charge >= 0.3 is 0 Å². The number of anilines is 1. The molecule has 0 heterocycles. The van der Waals surface area contributed by atoms with Gasteiger partial charge in [-0.3, -0.25) is 9.00 Å². The molecule has 1 N–H and O–H groups in total. The van der Waals surface area contributed by atoms with Gasteiger partial charge in [0.1, 0.15) is 17.2 Å². The summed E-state index contributed by atoms with van der Waals surface area (Å²) in [7, 11) is 0. The van der Waals surface area contributed by atoms with Gasteiger partial charge < -0.3 is 9.87 Å². The monoisotopic (exact) mass is 348 g/mol. The van der Waals surface area contributed by atoms with E-state index in [1.165, 1.54) is 0 Å². The standard InChI is InChI=1S/C13H7ClF3NO3S/c14-7-5-6(1-2-8(7)15)18-13(19)11-9(16)3-4-10(12(11)17)22(20)21/h1-5H,(H,18,19)(H,20,21)/p-1. The summed E-state index contributed by atoms with van der Waals surface area (Å²) in [4.78, 5) is 11.1. The van der Waals surface area contributed by atoms with Gasteiger partial charge in [-0.05, 0) is 41.4 Å². The molecule has 2 rings (SSSR count). The lowest BCUT2D eigenvalue weighted by atomic mass is 10.1. The van der Waals surface area contributed by atoms with Crippen LogP contribution in [0.15, 0.2) is 35.2 Å². The van der Waals surface area contributed by atoms with Gasteiger partial charge in [0.15, 0.2) is 5.82 Å². The maximum atomic E-state index is 13.9. The molecular formula is C13H6ClF3NO3S-. The van der Waals surface area contributed by atoms with Crippen molar-refractivity contribution in [2.75, 3.05) is 5.32 Å². The highest BCUT2D eigenvalue weighted by molar-refractivity contribution is 7.79. The fraction of sp³-hybridized carbons (Fsp3) is 0. The van der Waals surface area contributed by atoms with Crippen LogP contribution in [0.1, 0.15) is 10.4 Å². The van der Waals surface area contributed by atoms with Gasteiger partial charge in [-0.1, -0.05) is 11.6 Å². The van der Waals surface area contributed by atoms with E-state index in [2.05, 4.69) is 5.32 Å². The maximum Gasteiger partial charge on any atom is 0.261 e. The molecule has 9 heteroatoms. The van der Waals surface area contributed by atoms with Crippen LogP contribution in [-0.2, 0) is 11.1 Å². The predicted molar refractivity (Wildman–Crippen MR) is 72.9 cm³/mol. The van der Waals surface area contributed by atoms with Crippen LogP contribution in [-0.4, -0.2) is 14.7 Å². The van der Waals surface area contributed by atoms with Gasteiger partial charge in [0.05, 0.1) is 9.92 Å². The number of carbonyl (C=O) groups excluding carboxylic acids is 1. The number of hydrogen-bond donors (Lipinski definition) is 1.